The normalized spacial score (nSPS) is 27.2. The summed E-state index contributed by atoms with van der Waals surface area (Å²) in [4.78, 5) is 31.2. The van der Waals surface area contributed by atoms with Gasteiger partial charge in [-0.1, -0.05) is 31.4 Å². The number of hydrogen-bond donors (Lipinski definition) is 0. The van der Waals surface area contributed by atoms with Gasteiger partial charge in [-0.3, -0.25) is 4.79 Å². The van der Waals surface area contributed by atoms with E-state index < -0.39 is 0 Å². The van der Waals surface area contributed by atoms with E-state index in [1.165, 1.54) is 44.2 Å². The number of likely N-dealkylation sites (tertiary alicyclic amines) is 2. The number of carbonyl (C=O) groups is 2. The van der Waals surface area contributed by atoms with Gasteiger partial charge in [0.05, 0.1) is 6.04 Å². The molecule has 158 valence electrons. The maximum atomic E-state index is 13.9. The highest BCUT2D eigenvalue weighted by atomic mass is 19.1. The number of urea groups is 1. The summed E-state index contributed by atoms with van der Waals surface area (Å²) in [6, 6.07) is 6.35. The van der Waals surface area contributed by atoms with Gasteiger partial charge < -0.3 is 14.7 Å². The third-order valence-electron chi connectivity index (χ3n) is 7.02. The maximum absolute atomic E-state index is 13.9. The molecule has 4 rings (SSSR count). The van der Waals surface area contributed by atoms with Crippen molar-refractivity contribution in [2.24, 2.45) is 17.8 Å². The summed E-state index contributed by atoms with van der Waals surface area (Å²) in [6.07, 6.45) is 6.78. The number of rotatable bonds is 3. The Morgan fingerprint density at radius 1 is 1.10 bits per heavy atom. The van der Waals surface area contributed by atoms with Gasteiger partial charge in [0, 0.05) is 52.0 Å². The Kier molecular flexibility index (Phi) is 5.79. The highest BCUT2D eigenvalue weighted by Crippen LogP contribution is 2.45. The van der Waals surface area contributed by atoms with Crippen molar-refractivity contribution in [1.29, 1.82) is 0 Å². The summed E-state index contributed by atoms with van der Waals surface area (Å²) >= 11 is 0. The van der Waals surface area contributed by atoms with Crippen LogP contribution in [0.1, 0.15) is 50.1 Å². The highest BCUT2D eigenvalue weighted by Gasteiger charge is 2.50. The van der Waals surface area contributed by atoms with E-state index in [0.717, 1.165) is 5.56 Å². The maximum Gasteiger partial charge on any atom is 0.320 e. The third-order valence-corrected chi connectivity index (χ3v) is 7.02. The summed E-state index contributed by atoms with van der Waals surface area (Å²) in [6.45, 7) is 1.99. The lowest BCUT2D eigenvalue weighted by atomic mass is 9.86. The lowest BCUT2D eigenvalue weighted by molar-refractivity contribution is -0.131. The van der Waals surface area contributed by atoms with Crippen LogP contribution >= 0.6 is 0 Å². The van der Waals surface area contributed by atoms with Crippen LogP contribution in [0.2, 0.25) is 0 Å². The Hall–Kier alpha value is -2.11. The topological polar surface area (TPSA) is 43.9 Å². The van der Waals surface area contributed by atoms with E-state index >= 15 is 0 Å². The van der Waals surface area contributed by atoms with E-state index in [-0.39, 0.29) is 35.6 Å². The molecule has 3 aliphatic rings. The van der Waals surface area contributed by atoms with E-state index in [0.29, 0.717) is 32.0 Å². The van der Waals surface area contributed by atoms with Crippen LogP contribution in [0.15, 0.2) is 24.3 Å². The van der Waals surface area contributed by atoms with Crippen LogP contribution < -0.4 is 0 Å². The monoisotopic (exact) mass is 401 g/mol. The predicted molar refractivity (Wildman–Crippen MR) is 110 cm³/mol. The first-order valence-electron chi connectivity index (χ1n) is 10.9. The molecule has 0 aromatic heterocycles. The van der Waals surface area contributed by atoms with Gasteiger partial charge in [-0.2, -0.15) is 0 Å². The van der Waals surface area contributed by atoms with Gasteiger partial charge in [0.2, 0.25) is 5.91 Å². The zero-order valence-corrected chi connectivity index (χ0v) is 17.5. The molecular formula is C23H32FN3O2. The summed E-state index contributed by atoms with van der Waals surface area (Å²) in [5.41, 5.74) is 0.828. The second-order valence-corrected chi connectivity index (χ2v) is 9.26. The lowest BCUT2D eigenvalue weighted by Gasteiger charge is -2.32. The third kappa shape index (κ3) is 4.12. The number of carbonyl (C=O) groups excluding carboxylic acids is 2. The molecule has 3 amide bonds. The van der Waals surface area contributed by atoms with Gasteiger partial charge >= 0.3 is 6.03 Å². The molecule has 1 aliphatic carbocycles. The van der Waals surface area contributed by atoms with Gasteiger partial charge in [-0.15, -0.1) is 0 Å². The Labute approximate surface area is 172 Å². The minimum Gasteiger partial charge on any atom is -0.342 e. The molecule has 2 saturated heterocycles. The second-order valence-electron chi connectivity index (χ2n) is 9.26. The van der Waals surface area contributed by atoms with Crippen molar-refractivity contribution in [3.63, 3.8) is 0 Å². The van der Waals surface area contributed by atoms with Gasteiger partial charge in [0.1, 0.15) is 5.82 Å². The summed E-state index contributed by atoms with van der Waals surface area (Å²) < 4.78 is 13.9. The van der Waals surface area contributed by atoms with Gasteiger partial charge in [-0.05, 0) is 36.5 Å². The molecule has 2 aliphatic heterocycles. The molecule has 5 nitrogen and oxygen atoms in total. The molecule has 0 bridgehead atoms. The smallest absolute Gasteiger partial charge is 0.320 e. The molecule has 0 spiro atoms. The van der Waals surface area contributed by atoms with E-state index in [4.69, 9.17) is 0 Å². The summed E-state index contributed by atoms with van der Waals surface area (Å²) in [7, 11) is 3.50. The van der Waals surface area contributed by atoms with Crippen molar-refractivity contribution < 1.29 is 14.0 Å². The predicted octanol–water partition coefficient (Wildman–Crippen LogP) is 3.91. The van der Waals surface area contributed by atoms with Crippen molar-refractivity contribution in [2.45, 2.75) is 44.6 Å². The minimum atomic E-state index is -0.286. The van der Waals surface area contributed by atoms with Crippen molar-refractivity contribution >= 4 is 11.9 Å². The largest absolute Gasteiger partial charge is 0.342 e. The van der Waals surface area contributed by atoms with Crippen LogP contribution in [0, 0.1) is 23.6 Å². The fraction of sp³-hybridized carbons (Fsp3) is 0.652. The highest BCUT2D eigenvalue weighted by molar-refractivity contribution is 5.77. The molecule has 1 aromatic rings. The Bertz CT molecular complexity index is 762. The molecule has 0 radical (unpaired) electrons. The average molecular weight is 402 g/mol. The van der Waals surface area contributed by atoms with Crippen LogP contribution in [0.3, 0.4) is 0 Å². The quantitative estimate of drug-likeness (QED) is 0.771. The Morgan fingerprint density at radius 3 is 2.55 bits per heavy atom. The van der Waals surface area contributed by atoms with E-state index in [1.807, 2.05) is 15.9 Å². The van der Waals surface area contributed by atoms with Gasteiger partial charge in [0.15, 0.2) is 0 Å². The molecule has 29 heavy (non-hydrogen) atoms. The Morgan fingerprint density at radius 2 is 1.86 bits per heavy atom. The van der Waals surface area contributed by atoms with E-state index in [9.17, 15) is 14.0 Å². The summed E-state index contributed by atoms with van der Waals surface area (Å²) in [5.74, 6) is 0.919. The van der Waals surface area contributed by atoms with Crippen LogP contribution in [-0.2, 0) is 4.79 Å². The van der Waals surface area contributed by atoms with E-state index in [1.54, 1.807) is 25.1 Å². The van der Waals surface area contributed by atoms with Crippen LogP contribution in [-0.4, -0.2) is 60.4 Å². The lowest BCUT2D eigenvalue weighted by Crippen LogP contribution is -2.42. The van der Waals surface area contributed by atoms with E-state index in [2.05, 4.69) is 0 Å². The number of hydrogen-bond acceptors (Lipinski definition) is 2. The number of fused-ring (bicyclic) bond motifs is 1. The standard InChI is InChI=1S/C23H32FN3O2/c1-25(2)23(29)27-14-18-13-26(21(28)11-16-7-4-3-5-8-16)15-20(18)22(27)17-9-6-10-19(24)12-17/h6,9-10,12,16,18,20,22H,3-5,7-8,11,13-15H2,1-2H3/t18-,20-,22-/m1/s1. The van der Waals surface area contributed by atoms with Crippen molar-refractivity contribution in [3.05, 3.63) is 35.6 Å². The molecule has 0 N–H and O–H groups in total. The molecular weight excluding hydrogens is 369 g/mol. The second kappa shape index (κ2) is 8.33. The minimum absolute atomic E-state index is 0.0475. The number of benzene rings is 1. The average Bonchev–Trinajstić information content (AvgIpc) is 3.26. The first-order chi connectivity index (χ1) is 13.9. The molecule has 1 saturated carbocycles. The zero-order valence-electron chi connectivity index (χ0n) is 17.5. The Balaban J connectivity index is 1.51. The van der Waals surface area contributed by atoms with Gasteiger partial charge in [-0.25, -0.2) is 9.18 Å². The molecule has 3 fully saturated rings. The fourth-order valence-electron chi connectivity index (χ4n) is 5.59. The SMILES string of the molecule is CN(C)C(=O)N1C[C@H]2CN(C(=O)CC3CCCCC3)C[C@H]2[C@H]1c1cccc(F)c1. The van der Waals surface area contributed by atoms with Gasteiger partial charge in [0.25, 0.3) is 0 Å². The van der Waals surface area contributed by atoms with Crippen molar-refractivity contribution in [1.82, 2.24) is 14.7 Å². The summed E-state index contributed by atoms with van der Waals surface area (Å²) in [5, 5.41) is 0. The molecule has 3 atom stereocenters. The van der Waals surface area contributed by atoms with Crippen LogP contribution in [0.25, 0.3) is 0 Å². The van der Waals surface area contributed by atoms with Crippen molar-refractivity contribution in [3.8, 4) is 0 Å². The molecule has 2 heterocycles. The number of nitrogens with zero attached hydrogens (tertiary/aromatic N) is 3. The number of halogens is 1. The number of amides is 3. The first kappa shape index (κ1) is 20.2. The molecule has 1 aromatic carbocycles. The molecule has 6 heteroatoms. The molecule has 0 unspecified atom stereocenters. The van der Waals surface area contributed by atoms with Crippen molar-refractivity contribution in [2.75, 3.05) is 33.7 Å². The van der Waals surface area contributed by atoms with Crippen LogP contribution in [0.5, 0.6) is 0 Å². The first-order valence-corrected chi connectivity index (χ1v) is 10.9. The fourth-order valence-corrected chi connectivity index (χ4v) is 5.59. The zero-order chi connectivity index (χ0) is 20.5. The van der Waals surface area contributed by atoms with Crippen LogP contribution in [0.4, 0.5) is 9.18 Å².